The molecule has 2 N–H and O–H groups in total. The molecule has 0 saturated heterocycles. The fourth-order valence-electron chi connectivity index (χ4n) is 3.86. The highest BCUT2D eigenvalue weighted by Gasteiger charge is 2.19. The molecule has 1 aromatic heterocycles. The van der Waals surface area contributed by atoms with Crippen LogP contribution in [0, 0.1) is 5.82 Å². The molecule has 7 nitrogen and oxygen atoms in total. The minimum absolute atomic E-state index is 0.0672. The molecule has 0 bridgehead atoms. The molecule has 8 heteroatoms. The average Bonchev–Trinajstić information content (AvgIpc) is 3.30. The summed E-state index contributed by atoms with van der Waals surface area (Å²) in [5.74, 6) is 0.830. The van der Waals surface area contributed by atoms with E-state index in [4.69, 9.17) is 9.47 Å². The van der Waals surface area contributed by atoms with Crippen LogP contribution in [0.3, 0.4) is 0 Å². The van der Waals surface area contributed by atoms with E-state index in [9.17, 15) is 14.0 Å². The van der Waals surface area contributed by atoms with E-state index in [1.165, 1.54) is 17.0 Å². The number of pyridine rings is 1. The number of halogens is 1. The zero-order chi connectivity index (χ0) is 23.5. The number of rotatable bonds is 6. The van der Waals surface area contributed by atoms with Crippen LogP contribution >= 0.6 is 0 Å². The Morgan fingerprint density at radius 2 is 1.68 bits per heavy atom. The van der Waals surface area contributed by atoms with Crippen LogP contribution in [0.2, 0.25) is 0 Å². The molecule has 0 saturated carbocycles. The Bertz CT molecular complexity index is 1390. The van der Waals surface area contributed by atoms with E-state index in [1.54, 1.807) is 30.3 Å². The summed E-state index contributed by atoms with van der Waals surface area (Å²) in [6, 6.07) is 20.4. The van der Waals surface area contributed by atoms with E-state index in [0.29, 0.717) is 29.1 Å². The Kier molecular flexibility index (Phi) is 5.86. The van der Waals surface area contributed by atoms with Crippen LogP contribution in [-0.4, -0.2) is 22.7 Å². The molecule has 172 valence electrons. The number of H-pyrrole nitrogens is 1. The Hall–Kier alpha value is -4.33. The number of fused-ring (bicyclic) bond motifs is 2. The van der Waals surface area contributed by atoms with Gasteiger partial charge in [-0.15, -0.1) is 0 Å². The molecule has 2 amide bonds. The smallest absolute Gasteiger partial charge is 0.318 e. The van der Waals surface area contributed by atoms with Crippen LogP contribution in [0.1, 0.15) is 16.7 Å². The summed E-state index contributed by atoms with van der Waals surface area (Å²) >= 11 is 0. The van der Waals surface area contributed by atoms with Gasteiger partial charge in [-0.25, -0.2) is 9.18 Å². The van der Waals surface area contributed by atoms with Gasteiger partial charge in [0.2, 0.25) is 6.79 Å². The third kappa shape index (κ3) is 4.71. The number of carbonyl (C=O) groups excluding carboxylic acids is 1. The molecule has 34 heavy (non-hydrogen) atoms. The van der Waals surface area contributed by atoms with Crippen molar-refractivity contribution in [3.05, 3.63) is 106 Å². The minimum atomic E-state index is -0.353. The number of benzene rings is 3. The van der Waals surface area contributed by atoms with E-state index >= 15 is 0 Å². The van der Waals surface area contributed by atoms with Crippen molar-refractivity contribution < 1.29 is 18.7 Å². The zero-order valence-electron chi connectivity index (χ0n) is 18.2. The predicted octanol–water partition coefficient (Wildman–Crippen LogP) is 4.31. The first-order valence-electron chi connectivity index (χ1n) is 10.8. The van der Waals surface area contributed by atoms with Crippen molar-refractivity contribution in [3.63, 3.8) is 0 Å². The second-order valence-corrected chi connectivity index (χ2v) is 8.04. The van der Waals surface area contributed by atoms with E-state index in [2.05, 4.69) is 10.3 Å². The highest BCUT2D eigenvalue weighted by atomic mass is 19.1. The summed E-state index contributed by atoms with van der Waals surface area (Å²) in [4.78, 5) is 30.3. The highest BCUT2D eigenvalue weighted by molar-refractivity contribution is 5.83. The maximum atomic E-state index is 13.4. The second kappa shape index (κ2) is 9.27. The van der Waals surface area contributed by atoms with Crippen LogP contribution < -0.4 is 20.3 Å². The van der Waals surface area contributed by atoms with Crippen LogP contribution in [0.5, 0.6) is 11.5 Å². The van der Waals surface area contributed by atoms with Gasteiger partial charge in [-0.05, 0) is 35.4 Å². The molecule has 0 atom stereocenters. The second-order valence-electron chi connectivity index (χ2n) is 8.04. The van der Waals surface area contributed by atoms with Crippen LogP contribution in [0.4, 0.5) is 9.18 Å². The van der Waals surface area contributed by atoms with Gasteiger partial charge in [-0.2, -0.15) is 0 Å². The molecule has 0 fully saturated rings. The Labute approximate surface area is 194 Å². The molecular formula is C26H22FN3O4. The van der Waals surface area contributed by atoms with Gasteiger partial charge in [0.25, 0.3) is 5.56 Å². The molecule has 0 spiro atoms. The summed E-state index contributed by atoms with van der Waals surface area (Å²) in [5.41, 5.74) is 2.44. The van der Waals surface area contributed by atoms with Gasteiger partial charge in [0.15, 0.2) is 11.5 Å². The molecule has 0 radical (unpaired) electrons. The largest absolute Gasteiger partial charge is 0.454 e. The third-order valence-electron chi connectivity index (χ3n) is 5.64. The number of nitrogens with one attached hydrogen (secondary N) is 2. The number of nitrogens with zero attached hydrogens (tertiary/aromatic N) is 1. The molecule has 3 aromatic carbocycles. The number of hydrogen-bond donors (Lipinski definition) is 2. The lowest BCUT2D eigenvalue weighted by Gasteiger charge is -2.23. The first kappa shape index (κ1) is 21.5. The van der Waals surface area contributed by atoms with Crippen molar-refractivity contribution >= 4 is 16.9 Å². The van der Waals surface area contributed by atoms with Gasteiger partial charge in [0.1, 0.15) is 5.82 Å². The van der Waals surface area contributed by atoms with Gasteiger partial charge in [-0.1, -0.05) is 42.5 Å². The number of ether oxygens (including phenoxy) is 2. The number of urea groups is 1. The molecular weight excluding hydrogens is 437 g/mol. The topological polar surface area (TPSA) is 83.7 Å². The summed E-state index contributed by atoms with van der Waals surface area (Å²) in [5, 5.41) is 3.67. The Balaban J connectivity index is 1.42. The van der Waals surface area contributed by atoms with Crippen molar-refractivity contribution in [2.45, 2.75) is 19.6 Å². The van der Waals surface area contributed by atoms with E-state index < -0.39 is 0 Å². The molecule has 5 rings (SSSR count). The normalized spacial score (nSPS) is 12.0. The van der Waals surface area contributed by atoms with Gasteiger partial charge in [0, 0.05) is 30.1 Å². The fourth-order valence-corrected chi connectivity index (χ4v) is 3.86. The summed E-state index contributed by atoms with van der Waals surface area (Å²) in [6.07, 6.45) is 0. The molecule has 1 aliphatic rings. The molecule has 1 aliphatic heterocycles. The summed E-state index contributed by atoms with van der Waals surface area (Å²) in [7, 11) is 0. The monoisotopic (exact) mass is 459 g/mol. The summed E-state index contributed by atoms with van der Waals surface area (Å²) < 4.78 is 24.2. The quantitative estimate of drug-likeness (QED) is 0.450. The van der Waals surface area contributed by atoms with Crippen LogP contribution in [0.25, 0.3) is 10.9 Å². The molecule has 2 heterocycles. The first-order chi connectivity index (χ1) is 16.5. The predicted molar refractivity (Wildman–Crippen MR) is 125 cm³/mol. The lowest BCUT2D eigenvalue weighted by molar-refractivity contribution is 0.174. The average molecular weight is 459 g/mol. The fraction of sp³-hybridized carbons (Fsp3) is 0.154. The molecule has 4 aromatic rings. The van der Waals surface area contributed by atoms with E-state index in [-0.39, 0.29) is 37.3 Å². The number of carbonyl (C=O) groups is 1. The van der Waals surface area contributed by atoms with Gasteiger partial charge in [0.05, 0.1) is 12.1 Å². The SMILES string of the molecule is O=C(NCc1ccccc1)N(Cc1ccc(F)cc1)Cc1cc2cc3c(cc2[nH]c1=O)OCO3. The summed E-state index contributed by atoms with van der Waals surface area (Å²) in [6.45, 7) is 0.754. The minimum Gasteiger partial charge on any atom is -0.454 e. The number of aromatic amines is 1. The van der Waals surface area contributed by atoms with Crippen molar-refractivity contribution in [2.75, 3.05) is 6.79 Å². The number of amides is 2. The van der Waals surface area contributed by atoms with Gasteiger partial charge < -0.3 is 24.7 Å². The van der Waals surface area contributed by atoms with Crippen molar-refractivity contribution in [1.29, 1.82) is 0 Å². The number of aromatic nitrogens is 1. The van der Waals surface area contributed by atoms with Crippen LogP contribution in [-0.2, 0) is 19.6 Å². The van der Waals surface area contributed by atoms with Crippen LogP contribution in [0.15, 0.2) is 77.6 Å². The standard InChI is InChI=1S/C26H22FN3O4/c27-21-8-6-18(7-9-21)14-30(26(32)28-13-17-4-2-1-3-5-17)15-20-10-19-11-23-24(34-16-33-23)12-22(19)29-25(20)31/h1-12H,13-16H2,(H,28,32)(H,29,31). The van der Waals surface area contributed by atoms with Crippen molar-refractivity contribution in [1.82, 2.24) is 15.2 Å². The van der Waals surface area contributed by atoms with E-state index in [0.717, 1.165) is 16.5 Å². The zero-order valence-corrected chi connectivity index (χ0v) is 18.2. The first-order valence-corrected chi connectivity index (χ1v) is 10.8. The Morgan fingerprint density at radius 3 is 2.44 bits per heavy atom. The van der Waals surface area contributed by atoms with Crippen molar-refractivity contribution in [2.24, 2.45) is 0 Å². The van der Waals surface area contributed by atoms with Crippen molar-refractivity contribution in [3.8, 4) is 11.5 Å². The van der Waals surface area contributed by atoms with E-state index in [1.807, 2.05) is 30.3 Å². The van der Waals surface area contributed by atoms with Gasteiger partial charge >= 0.3 is 6.03 Å². The number of hydrogen-bond acceptors (Lipinski definition) is 4. The maximum Gasteiger partial charge on any atom is 0.318 e. The highest BCUT2D eigenvalue weighted by Crippen LogP contribution is 2.35. The lowest BCUT2D eigenvalue weighted by Crippen LogP contribution is -2.39. The maximum absolute atomic E-state index is 13.4. The lowest BCUT2D eigenvalue weighted by atomic mass is 10.1. The molecule has 0 aliphatic carbocycles. The third-order valence-corrected chi connectivity index (χ3v) is 5.64. The van der Waals surface area contributed by atoms with Gasteiger partial charge in [-0.3, -0.25) is 4.79 Å². The molecule has 0 unspecified atom stereocenters. The Morgan fingerprint density at radius 1 is 0.941 bits per heavy atom.